The summed E-state index contributed by atoms with van der Waals surface area (Å²) in [7, 11) is 0. The number of ether oxygens (including phenoxy) is 1. The largest absolute Gasteiger partial charge is 0.492 e. The molecule has 0 unspecified atom stereocenters. The first-order valence-electron chi connectivity index (χ1n) is 6.26. The van der Waals surface area contributed by atoms with Crippen LogP contribution in [0.5, 0.6) is 5.75 Å². The topological polar surface area (TPSA) is 51.5 Å². The first-order valence-corrected chi connectivity index (χ1v) is 7.05. The molecular weight excluding hydrogens is 320 g/mol. The van der Waals surface area contributed by atoms with Gasteiger partial charge in [-0.1, -0.05) is 12.1 Å². The van der Waals surface area contributed by atoms with Crippen LogP contribution < -0.4 is 10.1 Å². The average Bonchev–Trinajstić information content (AvgIpc) is 2.89. The SMILES string of the molecule is CCOc1ccccc1Nc1nc(Br)cn2ccnc12. The molecule has 1 N–H and O–H groups in total. The number of halogens is 1. The van der Waals surface area contributed by atoms with Crippen LogP contribution >= 0.6 is 15.9 Å². The molecule has 3 aromatic rings. The van der Waals surface area contributed by atoms with E-state index < -0.39 is 0 Å². The van der Waals surface area contributed by atoms with Gasteiger partial charge in [0.05, 0.1) is 12.3 Å². The van der Waals surface area contributed by atoms with Gasteiger partial charge in [0.15, 0.2) is 11.5 Å². The van der Waals surface area contributed by atoms with Crippen LogP contribution in [0.2, 0.25) is 0 Å². The quantitative estimate of drug-likeness (QED) is 0.792. The number of rotatable bonds is 4. The lowest BCUT2D eigenvalue weighted by Gasteiger charge is -2.12. The van der Waals surface area contributed by atoms with Crippen LogP contribution in [-0.2, 0) is 0 Å². The summed E-state index contributed by atoms with van der Waals surface area (Å²) in [5, 5.41) is 3.28. The van der Waals surface area contributed by atoms with Gasteiger partial charge in [-0.15, -0.1) is 0 Å². The van der Waals surface area contributed by atoms with Crippen molar-refractivity contribution in [3.63, 3.8) is 0 Å². The third kappa shape index (κ3) is 2.46. The third-order valence-corrected chi connectivity index (χ3v) is 3.17. The molecule has 0 amide bonds. The summed E-state index contributed by atoms with van der Waals surface area (Å²) in [5.74, 6) is 1.47. The van der Waals surface area contributed by atoms with Gasteiger partial charge in [0.25, 0.3) is 0 Å². The summed E-state index contributed by atoms with van der Waals surface area (Å²) in [4.78, 5) is 8.74. The van der Waals surface area contributed by atoms with Crippen molar-refractivity contribution in [3.05, 3.63) is 47.5 Å². The van der Waals surface area contributed by atoms with E-state index in [4.69, 9.17) is 4.74 Å². The number of nitrogens with zero attached hydrogens (tertiary/aromatic N) is 3. The van der Waals surface area contributed by atoms with E-state index in [9.17, 15) is 0 Å². The number of aromatic nitrogens is 3. The number of para-hydroxylation sites is 2. The highest BCUT2D eigenvalue weighted by atomic mass is 79.9. The molecule has 1 aromatic carbocycles. The summed E-state index contributed by atoms with van der Waals surface area (Å²) >= 11 is 3.40. The number of benzene rings is 1. The maximum Gasteiger partial charge on any atom is 0.180 e. The molecule has 0 bridgehead atoms. The standard InChI is InChI=1S/C14H13BrN4O/c1-2-20-11-6-4-3-5-10(11)17-13-14-16-7-8-19(14)9-12(15)18-13/h3-9H,2H2,1H3,(H,17,18). The molecule has 2 heterocycles. The van der Waals surface area contributed by atoms with Gasteiger partial charge in [0.2, 0.25) is 0 Å². The van der Waals surface area contributed by atoms with Crippen molar-refractivity contribution in [2.24, 2.45) is 0 Å². The van der Waals surface area contributed by atoms with Gasteiger partial charge in [-0.2, -0.15) is 0 Å². The maximum absolute atomic E-state index is 5.60. The Kier molecular flexibility index (Phi) is 3.56. The van der Waals surface area contributed by atoms with E-state index in [2.05, 4.69) is 31.2 Å². The zero-order valence-electron chi connectivity index (χ0n) is 10.9. The number of imidazole rings is 1. The van der Waals surface area contributed by atoms with Crippen LogP contribution in [0.25, 0.3) is 5.65 Å². The fourth-order valence-electron chi connectivity index (χ4n) is 1.96. The van der Waals surface area contributed by atoms with E-state index in [1.807, 2.05) is 48.0 Å². The first kappa shape index (κ1) is 12.9. The molecule has 0 fully saturated rings. The molecule has 6 heteroatoms. The number of nitrogens with one attached hydrogen (secondary N) is 1. The Bertz CT molecular complexity index is 741. The zero-order valence-corrected chi connectivity index (χ0v) is 12.5. The van der Waals surface area contributed by atoms with Crippen molar-refractivity contribution in [1.29, 1.82) is 0 Å². The van der Waals surface area contributed by atoms with Gasteiger partial charge >= 0.3 is 0 Å². The van der Waals surface area contributed by atoms with Crippen LogP contribution in [0.3, 0.4) is 0 Å². The molecule has 0 aliphatic rings. The Hall–Kier alpha value is -2.08. The molecule has 0 spiro atoms. The minimum Gasteiger partial charge on any atom is -0.492 e. The van der Waals surface area contributed by atoms with Gasteiger partial charge in [0, 0.05) is 18.6 Å². The lowest BCUT2D eigenvalue weighted by molar-refractivity contribution is 0.342. The van der Waals surface area contributed by atoms with Gasteiger partial charge in [-0.3, -0.25) is 0 Å². The van der Waals surface area contributed by atoms with E-state index >= 15 is 0 Å². The van der Waals surface area contributed by atoms with Crippen molar-refractivity contribution < 1.29 is 4.74 Å². The van der Waals surface area contributed by atoms with E-state index in [0.717, 1.165) is 21.7 Å². The van der Waals surface area contributed by atoms with E-state index in [1.54, 1.807) is 6.20 Å². The fraction of sp³-hybridized carbons (Fsp3) is 0.143. The van der Waals surface area contributed by atoms with Gasteiger partial charge in [-0.05, 0) is 35.0 Å². The summed E-state index contributed by atoms with van der Waals surface area (Å²) in [6.07, 6.45) is 5.48. The number of fused-ring (bicyclic) bond motifs is 1. The Morgan fingerprint density at radius 1 is 1.35 bits per heavy atom. The predicted octanol–water partition coefficient (Wildman–Crippen LogP) is 3.63. The van der Waals surface area contributed by atoms with Crippen LogP contribution in [0.4, 0.5) is 11.5 Å². The predicted molar refractivity (Wildman–Crippen MR) is 81.6 cm³/mol. The van der Waals surface area contributed by atoms with E-state index in [-0.39, 0.29) is 0 Å². The molecule has 20 heavy (non-hydrogen) atoms. The summed E-state index contributed by atoms with van der Waals surface area (Å²) < 4.78 is 8.24. The van der Waals surface area contributed by atoms with Crippen molar-refractivity contribution >= 4 is 33.1 Å². The van der Waals surface area contributed by atoms with Crippen molar-refractivity contribution in [2.75, 3.05) is 11.9 Å². The van der Waals surface area contributed by atoms with Crippen LogP contribution in [-0.4, -0.2) is 21.0 Å². The van der Waals surface area contributed by atoms with Crippen molar-refractivity contribution in [3.8, 4) is 5.75 Å². The third-order valence-electron chi connectivity index (χ3n) is 2.78. The number of hydrogen-bond acceptors (Lipinski definition) is 4. The van der Waals surface area contributed by atoms with Gasteiger partial charge in [0.1, 0.15) is 10.4 Å². The molecule has 0 saturated carbocycles. The Morgan fingerprint density at radius 3 is 3.05 bits per heavy atom. The summed E-state index contributed by atoms with van der Waals surface area (Å²) in [5.41, 5.74) is 1.63. The van der Waals surface area contributed by atoms with Crippen LogP contribution in [0.15, 0.2) is 47.5 Å². The molecule has 5 nitrogen and oxygen atoms in total. The summed E-state index contributed by atoms with van der Waals surface area (Å²) in [6.45, 7) is 2.57. The Labute approximate surface area is 124 Å². The first-order chi connectivity index (χ1) is 9.78. The Morgan fingerprint density at radius 2 is 2.20 bits per heavy atom. The molecular formula is C14H13BrN4O. The van der Waals surface area contributed by atoms with Crippen LogP contribution in [0, 0.1) is 0 Å². The normalized spacial score (nSPS) is 10.7. The average molecular weight is 333 g/mol. The maximum atomic E-state index is 5.60. The number of anilines is 2. The molecule has 0 atom stereocenters. The van der Waals surface area contributed by atoms with Gasteiger partial charge < -0.3 is 14.5 Å². The highest BCUT2D eigenvalue weighted by Crippen LogP contribution is 2.28. The molecule has 0 radical (unpaired) electrons. The zero-order chi connectivity index (χ0) is 13.9. The molecule has 3 rings (SSSR count). The van der Waals surface area contributed by atoms with Crippen molar-refractivity contribution in [1.82, 2.24) is 14.4 Å². The fourth-order valence-corrected chi connectivity index (χ4v) is 2.36. The minimum absolute atomic E-state index is 0.614. The molecule has 102 valence electrons. The van der Waals surface area contributed by atoms with Crippen molar-refractivity contribution in [2.45, 2.75) is 6.92 Å². The molecule has 0 aliphatic carbocycles. The molecule has 0 saturated heterocycles. The van der Waals surface area contributed by atoms with Crippen LogP contribution in [0.1, 0.15) is 6.92 Å². The molecule has 0 aliphatic heterocycles. The smallest absolute Gasteiger partial charge is 0.180 e. The second-order valence-electron chi connectivity index (χ2n) is 4.12. The second kappa shape index (κ2) is 5.50. The lowest BCUT2D eigenvalue weighted by Crippen LogP contribution is -2.01. The Balaban J connectivity index is 2.03. The van der Waals surface area contributed by atoms with E-state index in [0.29, 0.717) is 12.4 Å². The van der Waals surface area contributed by atoms with Gasteiger partial charge in [-0.25, -0.2) is 9.97 Å². The monoisotopic (exact) mass is 332 g/mol. The summed E-state index contributed by atoms with van der Waals surface area (Å²) in [6, 6.07) is 7.76. The molecule has 2 aromatic heterocycles. The lowest BCUT2D eigenvalue weighted by atomic mass is 10.3. The van der Waals surface area contributed by atoms with E-state index in [1.165, 1.54) is 0 Å². The highest BCUT2D eigenvalue weighted by Gasteiger charge is 2.09. The highest BCUT2D eigenvalue weighted by molar-refractivity contribution is 9.10. The second-order valence-corrected chi connectivity index (χ2v) is 4.94. The number of hydrogen-bond donors (Lipinski definition) is 1. The minimum atomic E-state index is 0.614.